The number of halogens is 1. The number of hydrogen-bond acceptors (Lipinski definition) is 2. The first kappa shape index (κ1) is 7.57. The van der Waals surface area contributed by atoms with Gasteiger partial charge < -0.3 is 0 Å². The van der Waals surface area contributed by atoms with E-state index in [0.29, 0.717) is 5.75 Å². The summed E-state index contributed by atoms with van der Waals surface area (Å²) in [7, 11) is 0. The quantitative estimate of drug-likeness (QED) is 0.625. The van der Waals surface area contributed by atoms with Crippen LogP contribution in [0.15, 0.2) is 30.3 Å². The van der Waals surface area contributed by atoms with Crippen molar-refractivity contribution in [1.29, 1.82) is 0 Å². The fourth-order valence-electron chi connectivity index (χ4n) is 0.665. The minimum Gasteiger partial charge on any atom is -0.120 e. The molecule has 0 unspecified atom stereocenters. The van der Waals surface area contributed by atoms with Crippen LogP contribution in [0, 0.1) is 0 Å². The molecule has 0 saturated carbocycles. The summed E-state index contributed by atoms with van der Waals surface area (Å²) < 4.78 is 14.5. The third kappa shape index (κ3) is 2.37. The molecule has 0 fully saturated rings. The van der Waals surface area contributed by atoms with Crippen molar-refractivity contribution in [2.45, 2.75) is 5.75 Å². The van der Waals surface area contributed by atoms with Crippen LogP contribution in [0.5, 0.6) is 0 Å². The molecule has 0 atom stereocenters. The molecule has 0 radical (unpaired) electrons. The van der Waals surface area contributed by atoms with Crippen LogP contribution in [-0.2, 0) is 10.1 Å². The Bertz CT molecular complexity index is 178. The maximum absolute atomic E-state index is 11.1. The molecule has 1 nitrogen and oxygen atoms in total. The Morgan fingerprint density at radius 3 is 2.60 bits per heavy atom. The van der Waals surface area contributed by atoms with Gasteiger partial charge >= 0.3 is 0 Å². The SMILES string of the molecule is FOSCc1ccccc1. The molecule has 0 aromatic heterocycles. The first-order valence-corrected chi connectivity index (χ1v) is 3.78. The van der Waals surface area contributed by atoms with Gasteiger partial charge in [-0.3, -0.25) is 0 Å². The average Bonchev–Trinajstić information content (AvgIpc) is 2.03. The third-order valence-electron chi connectivity index (χ3n) is 1.11. The van der Waals surface area contributed by atoms with E-state index >= 15 is 0 Å². The molecule has 0 aliphatic carbocycles. The lowest BCUT2D eigenvalue weighted by Crippen LogP contribution is -1.76. The van der Waals surface area contributed by atoms with E-state index in [1.807, 2.05) is 30.3 Å². The Labute approximate surface area is 63.3 Å². The second-order valence-corrected chi connectivity index (χ2v) is 2.46. The summed E-state index contributed by atoms with van der Waals surface area (Å²) >= 11 is 0.795. The van der Waals surface area contributed by atoms with Crippen LogP contribution in [0.1, 0.15) is 5.56 Å². The first-order valence-electron chi connectivity index (χ1n) is 2.87. The molecule has 0 aliphatic heterocycles. The standard InChI is InChI=1S/C7H7FOS/c8-9-10-6-7-4-2-1-3-5-7/h1-5H,6H2. The van der Waals surface area contributed by atoms with E-state index in [9.17, 15) is 4.53 Å². The van der Waals surface area contributed by atoms with E-state index in [1.54, 1.807) is 0 Å². The van der Waals surface area contributed by atoms with E-state index in [0.717, 1.165) is 17.6 Å². The van der Waals surface area contributed by atoms with Gasteiger partial charge in [-0.25, -0.2) is 0 Å². The maximum atomic E-state index is 11.1. The minimum absolute atomic E-state index is 0.553. The number of hydrogen-bond donors (Lipinski definition) is 0. The summed E-state index contributed by atoms with van der Waals surface area (Å²) in [5, 5.41) is 0. The van der Waals surface area contributed by atoms with Crippen molar-refractivity contribution in [2.24, 2.45) is 0 Å². The van der Waals surface area contributed by atoms with E-state index in [2.05, 4.69) is 4.39 Å². The van der Waals surface area contributed by atoms with Gasteiger partial charge in [-0.1, -0.05) is 30.3 Å². The van der Waals surface area contributed by atoms with E-state index in [4.69, 9.17) is 0 Å². The summed E-state index contributed by atoms with van der Waals surface area (Å²) in [5.41, 5.74) is 1.06. The Morgan fingerprint density at radius 1 is 1.30 bits per heavy atom. The Hall–Kier alpha value is -0.540. The van der Waals surface area contributed by atoms with Crippen molar-refractivity contribution < 1.29 is 8.91 Å². The van der Waals surface area contributed by atoms with Crippen molar-refractivity contribution in [1.82, 2.24) is 0 Å². The fourth-order valence-corrected chi connectivity index (χ4v) is 1.04. The zero-order valence-corrected chi connectivity index (χ0v) is 6.10. The van der Waals surface area contributed by atoms with Crippen LogP contribution in [-0.4, -0.2) is 0 Å². The molecule has 0 aliphatic rings. The molecule has 1 rings (SSSR count). The van der Waals surface area contributed by atoms with Crippen molar-refractivity contribution >= 4 is 12.0 Å². The lowest BCUT2D eigenvalue weighted by atomic mass is 10.2. The molecule has 1 aromatic carbocycles. The molecule has 0 spiro atoms. The topological polar surface area (TPSA) is 9.23 Å². The van der Waals surface area contributed by atoms with Gasteiger partial charge in [0.05, 0.1) is 0 Å². The van der Waals surface area contributed by atoms with Crippen LogP contribution in [0.4, 0.5) is 4.53 Å². The molecular formula is C7H7FOS. The average molecular weight is 158 g/mol. The predicted octanol–water partition coefficient (Wildman–Crippen LogP) is 2.74. The molecule has 54 valence electrons. The smallest absolute Gasteiger partial charge is 0.0483 e. The monoisotopic (exact) mass is 158 g/mol. The molecule has 0 bridgehead atoms. The summed E-state index contributed by atoms with van der Waals surface area (Å²) in [5.74, 6) is 0.553. The normalized spacial score (nSPS) is 9.70. The van der Waals surface area contributed by atoms with Crippen LogP contribution < -0.4 is 0 Å². The van der Waals surface area contributed by atoms with Crippen molar-refractivity contribution in [3.05, 3.63) is 35.9 Å². The summed E-state index contributed by atoms with van der Waals surface area (Å²) in [6.45, 7) is 0. The zero-order chi connectivity index (χ0) is 7.23. The highest BCUT2D eigenvalue weighted by Crippen LogP contribution is 2.12. The molecule has 0 heterocycles. The van der Waals surface area contributed by atoms with Crippen LogP contribution >= 0.6 is 12.0 Å². The molecule has 0 amide bonds. The summed E-state index contributed by atoms with van der Waals surface area (Å²) in [6, 6.07) is 9.59. The lowest BCUT2D eigenvalue weighted by molar-refractivity contribution is 0.0229. The number of rotatable bonds is 3. The zero-order valence-electron chi connectivity index (χ0n) is 5.29. The van der Waals surface area contributed by atoms with E-state index < -0.39 is 0 Å². The van der Waals surface area contributed by atoms with Crippen LogP contribution in [0.3, 0.4) is 0 Å². The van der Waals surface area contributed by atoms with Gasteiger partial charge in [0.25, 0.3) is 0 Å². The van der Waals surface area contributed by atoms with Crippen molar-refractivity contribution in [2.75, 3.05) is 0 Å². The minimum atomic E-state index is 0.553. The second-order valence-electron chi connectivity index (χ2n) is 1.81. The predicted molar refractivity (Wildman–Crippen MR) is 39.9 cm³/mol. The van der Waals surface area contributed by atoms with E-state index in [-0.39, 0.29) is 0 Å². The van der Waals surface area contributed by atoms with Gasteiger partial charge in [0.1, 0.15) is 0 Å². The first-order chi connectivity index (χ1) is 4.93. The molecule has 1 aromatic rings. The summed E-state index contributed by atoms with van der Waals surface area (Å²) in [4.78, 5) is 0. The highest BCUT2D eigenvalue weighted by molar-refractivity contribution is 7.93. The Balaban J connectivity index is 2.43. The Kier molecular flexibility index (Phi) is 3.26. The summed E-state index contributed by atoms with van der Waals surface area (Å²) in [6.07, 6.45) is 0. The number of benzene rings is 1. The second kappa shape index (κ2) is 4.30. The fraction of sp³-hybridized carbons (Fsp3) is 0.143. The maximum Gasteiger partial charge on any atom is 0.0483 e. The van der Waals surface area contributed by atoms with E-state index in [1.165, 1.54) is 0 Å². The van der Waals surface area contributed by atoms with Gasteiger partial charge in [-0.15, -0.1) is 4.39 Å². The molecular weight excluding hydrogens is 151 g/mol. The van der Waals surface area contributed by atoms with Gasteiger partial charge in [-0.05, 0) is 10.1 Å². The molecule has 0 saturated heterocycles. The van der Waals surface area contributed by atoms with Crippen LogP contribution in [0.2, 0.25) is 0 Å². The highest BCUT2D eigenvalue weighted by atomic mass is 32.2. The largest absolute Gasteiger partial charge is 0.120 e. The molecule has 0 N–H and O–H groups in total. The molecule has 3 heteroatoms. The lowest BCUT2D eigenvalue weighted by Gasteiger charge is -1.93. The van der Waals surface area contributed by atoms with Crippen molar-refractivity contribution in [3.63, 3.8) is 0 Å². The molecule has 10 heavy (non-hydrogen) atoms. The van der Waals surface area contributed by atoms with Gasteiger partial charge in [0, 0.05) is 17.8 Å². The van der Waals surface area contributed by atoms with Gasteiger partial charge in [0.15, 0.2) is 0 Å². The highest BCUT2D eigenvalue weighted by Gasteiger charge is 1.90. The van der Waals surface area contributed by atoms with Crippen LogP contribution in [0.25, 0.3) is 0 Å². The van der Waals surface area contributed by atoms with Crippen molar-refractivity contribution in [3.8, 4) is 0 Å². The van der Waals surface area contributed by atoms with Gasteiger partial charge in [-0.2, -0.15) is 0 Å². The third-order valence-corrected chi connectivity index (χ3v) is 1.65. The Morgan fingerprint density at radius 2 is 2.00 bits per heavy atom. The van der Waals surface area contributed by atoms with Gasteiger partial charge in [0.2, 0.25) is 0 Å².